The normalized spacial score (nSPS) is 15.0. The Bertz CT molecular complexity index is 539. The molecule has 0 aliphatic carbocycles. The molecule has 1 aliphatic rings. The first-order valence-electron chi connectivity index (χ1n) is 8.10. The first-order valence-corrected chi connectivity index (χ1v) is 8.10. The van der Waals surface area contributed by atoms with E-state index in [9.17, 15) is 9.59 Å². The molecule has 1 fully saturated rings. The Morgan fingerprint density at radius 1 is 1.12 bits per heavy atom. The number of aryl methyl sites for hydroxylation is 1. The number of rotatable bonds is 6. The molecule has 0 spiro atoms. The third-order valence-corrected chi connectivity index (χ3v) is 3.95. The van der Waals surface area contributed by atoms with Crippen LogP contribution >= 0.6 is 0 Å². The van der Waals surface area contributed by atoms with Gasteiger partial charge in [0, 0.05) is 39.3 Å². The Labute approximate surface area is 142 Å². The second-order valence-corrected chi connectivity index (χ2v) is 5.75. The molecule has 7 nitrogen and oxygen atoms in total. The number of piperazine rings is 1. The fourth-order valence-corrected chi connectivity index (χ4v) is 2.47. The van der Waals surface area contributed by atoms with Gasteiger partial charge in [-0.2, -0.15) is 0 Å². The van der Waals surface area contributed by atoms with Crippen molar-refractivity contribution in [2.75, 3.05) is 53.0 Å². The number of nitrogens with one attached hydrogen (secondary N) is 1. The Morgan fingerprint density at radius 2 is 1.79 bits per heavy atom. The molecule has 0 aromatic heterocycles. The van der Waals surface area contributed by atoms with Gasteiger partial charge in [-0.25, -0.2) is 4.79 Å². The molecule has 0 unspecified atom stereocenters. The molecule has 2 rings (SSSR count). The molecule has 1 aromatic carbocycles. The summed E-state index contributed by atoms with van der Waals surface area (Å²) < 4.78 is 10.1. The van der Waals surface area contributed by atoms with Gasteiger partial charge in [-0.1, -0.05) is 17.7 Å². The summed E-state index contributed by atoms with van der Waals surface area (Å²) in [5.74, 6) is 0.554. The van der Waals surface area contributed by atoms with Crippen LogP contribution in [0.15, 0.2) is 24.3 Å². The quantitative estimate of drug-likeness (QED) is 0.835. The highest BCUT2D eigenvalue weighted by atomic mass is 16.5. The maximum Gasteiger partial charge on any atom is 0.409 e. The minimum atomic E-state index is -0.281. The standard InChI is InChI=1S/C17H25N3O4/c1-14-3-5-15(6-4-14)24-13-16(21)18-7-8-19-9-11-20(12-10-19)17(22)23-2/h3-6H,7-13H2,1-2H3,(H,18,21). The van der Waals surface area contributed by atoms with Crippen molar-refractivity contribution in [3.8, 4) is 5.75 Å². The lowest BCUT2D eigenvalue weighted by Gasteiger charge is -2.33. The van der Waals surface area contributed by atoms with Gasteiger partial charge in [-0.3, -0.25) is 9.69 Å². The number of hydrogen-bond donors (Lipinski definition) is 1. The maximum absolute atomic E-state index is 11.8. The summed E-state index contributed by atoms with van der Waals surface area (Å²) in [6.45, 7) is 6.20. The molecule has 1 heterocycles. The fraction of sp³-hybridized carbons (Fsp3) is 0.529. The van der Waals surface area contributed by atoms with Crippen LogP contribution in [0, 0.1) is 6.92 Å². The third-order valence-electron chi connectivity index (χ3n) is 3.95. The Morgan fingerprint density at radius 3 is 2.42 bits per heavy atom. The SMILES string of the molecule is COC(=O)N1CCN(CCNC(=O)COc2ccc(C)cc2)CC1. The number of carbonyl (C=O) groups excluding carboxylic acids is 2. The van der Waals surface area contributed by atoms with Crippen molar-refractivity contribution in [3.05, 3.63) is 29.8 Å². The van der Waals surface area contributed by atoms with Gasteiger partial charge in [0.15, 0.2) is 6.61 Å². The van der Waals surface area contributed by atoms with Crippen molar-refractivity contribution in [2.45, 2.75) is 6.92 Å². The first kappa shape index (κ1) is 18.1. The van der Waals surface area contributed by atoms with Crippen molar-refractivity contribution < 1.29 is 19.1 Å². The van der Waals surface area contributed by atoms with E-state index in [1.165, 1.54) is 7.11 Å². The minimum Gasteiger partial charge on any atom is -0.484 e. The summed E-state index contributed by atoms with van der Waals surface area (Å²) in [7, 11) is 1.39. The largest absolute Gasteiger partial charge is 0.484 e. The Balaban J connectivity index is 1.58. The zero-order valence-corrected chi connectivity index (χ0v) is 14.3. The Kier molecular flexibility index (Phi) is 6.87. The summed E-state index contributed by atoms with van der Waals surface area (Å²) in [5, 5.41) is 2.85. The Hall–Kier alpha value is -2.28. The van der Waals surface area contributed by atoms with Crippen molar-refractivity contribution in [1.82, 2.24) is 15.1 Å². The van der Waals surface area contributed by atoms with Crippen LogP contribution in [0.2, 0.25) is 0 Å². The third kappa shape index (κ3) is 5.73. The summed E-state index contributed by atoms with van der Waals surface area (Å²) in [6, 6.07) is 7.59. The molecule has 0 atom stereocenters. The monoisotopic (exact) mass is 335 g/mol. The number of ether oxygens (including phenoxy) is 2. The van der Waals surface area contributed by atoms with Crippen LogP contribution < -0.4 is 10.1 Å². The van der Waals surface area contributed by atoms with E-state index in [-0.39, 0.29) is 18.6 Å². The van der Waals surface area contributed by atoms with E-state index in [1.807, 2.05) is 31.2 Å². The average Bonchev–Trinajstić information content (AvgIpc) is 2.61. The molecule has 1 aromatic rings. The molecule has 7 heteroatoms. The van der Waals surface area contributed by atoms with E-state index < -0.39 is 0 Å². The van der Waals surface area contributed by atoms with Crippen molar-refractivity contribution in [3.63, 3.8) is 0 Å². The highest BCUT2D eigenvalue weighted by Gasteiger charge is 2.20. The number of methoxy groups -OCH3 is 1. The van der Waals surface area contributed by atoms with Crippen LogP contribution in [-0.4, -0.2) is 74.8 Å². The number of carbonyl (C=O) groups is 2. The van der Waals surface area contributed by atoms with Gasteiger partial charge in [0.25, 0.3) is 5.91 Å². The smallest absolute Gasteiger partial charge is 0.409 e. The van der Waals surface area contributed by atoms with Gasteiger partial charge in [-0.15, -0.1) is 0 Å². The second-order valence-electron chi connectivity index (χ2n) is 5.75. The lowest BCUT2D eigenvalue weighted by Crippen LogP contribution is -2.50. The lowest BCUT2D eigenvalue weighted by atomic mass is 10.2. The van der Waals surface area contributed by atoms with Crippen LogP contribution in [0.4, 0.5) is 4.79 Å². The second kappa shape index (κ2) is 9.12. The van der Waals surface area contributed by atoms with Crippen LogP contribution in [-0.2, 0) is 9.53 Å². The van der Waals surface area contributed by atoms with E-state index in [0.29, 0.717) is 25.4 Å². The first-order chi connectivity index (χ1) is 11.6. The van der Waals surface area contributed by atoms with E-state index >= 15 is 0 Å². The average molecular weight is 335 g/mol. The van der Waals surface area contributed by atoms with Gasteiger partial charge in [0.2, 0.25) is 0 Å². The predicted molar refractivity (Wildman–Crippen MR) is 90.1 cm³/mol. The molecule has 24 heavy (non-hydrogen) atoms. The van der Waals surface area contributed by atoms with Crippen molar-refractivity contribution in [2.24, 2.45) is 0 Å². The molecule has 1 aliphatic heterocycles. The molecule has 132 valence electrons. The highest BCUT2D eigenvalue weighted by molar-refractivity contribution is 5.77. The number of nitrogens with zero attached hydrogens (tertiary/aromatic N) is 2. The van der Waals surface area contributed by atoms with E-state index in [4.69, 9.17) is 9.47 Å². The number of hydrogen-bond acceptors (Lipinski definition) is 5. The minimum absolute atomic E-state index is 0.0131. The zero-order valence-electron chi connectivity index (χ0n) is 14.3. The molecular weight excluding hydrogens is 310 g/mol. The number of benzene rings is 1. The molecule has 0 saturated carbocycles. The van der Waals surface area contributed by atoms with Gasteiger partial charge in [0.1, 0.15) is 5.75 Å². The van der Waals surface area contributed by atoms with Crippen LogP contribution in [0.3, 0.4) is 0 Å². The van der Waals surface area contributed by atoms with Crippen molar-refractivity contribution in [1.29, 1.82) is 0 Å². The summed E-state index contributed by atoms with van der Waals surface area (Å²) >= 11 is 0. The van der Waals surface area contributed by atoms with E-state index in [2.05, 4.69) is 10.2 Å². The molecule has 1 saturated heterocycles. The molecule has 2 amide bonds. The van der Waals surface area contributed by atoms with Crippen LogP contribution in [0.25, 0.3) is 0 Å². The lowest BCUT2D eigenvalue weighted by molar-refractivity contribution is -0.123. The van der Waals surface area contributed by atoms with E-state index in [0.717, 1.165) is 25.2 Å². The predicted octanol–water partition coefficient (Wildman–Crippen LogP) is 0.874. The fourth-order valence-electron chi connectivity index (χ4n) is 2.47. The summed E-state index contributed by atoms with van der Waals surface area (Å²) in [6.07, 6.45) is -0.281. The van der Waals surface area contributed by atoms with Crippen molar-refractivity contribution >= 4 is 12.0 Å². The topological polar surface area (TPSA) is 71.1 Å². The molecule has 0 bridgehead atoms. The van der Waals surface area contributed by atoms with Crippen LogP contribution in [0.1, 0.15) is 5.56 Å². The summed E-state index contributed by atoms with van der Waals surface area (Å²) in [4.78, 5) is 27.1. The van der Waals surface area contributed by atoms with Crippen LogP contribution in [0.5, 0.6) is 5.75 Å². The summed E-state index contributed by atoms with van der Waals surface area (Å²) in [5.41, 5.74) is 1.15. The highest BCUT2D eigenvalue weighted by Crippen LogP contribution is 2.10. The van der Waals surface area contributed by atoms with Gasteiger partial charge < -0.3 is 19.7 Å². The van der Waals surface area contributed by atoms with Gasteiger partial charge >= 0.3 is 6.09 Å². The number of amides is 2. The maximum atomic E-state index is 11.8. The van der Waals surface area contributed by atoms with E-state index in [1.54, 1.807) is 4.90 Å². The molecule has 1 N–H and O–H groups in total. The zero-order chi connectivity index (χ0) is 17.4. The molecule has 0 radical (unpaired) electrons. The van der Waals surface area contributed by atoms with Gasteiger partial charge in [-0.05, 0) is 19.1 Å². The molecular formula is C17H25N3O4. The van der Waals surface area contributed by atoms with Gasteiger partial charge in [0.05, 0.1) is 7.11 Å².